The van der Waals surface area contributed by atoms with Gasteiger partial charge in [-0.2, -0.15) is 5.10 Å². The predicted molar refractivity (Wildman–Crippen MR) is 72.8 cm³/mol. The molecule has 0 aliphatic carbocycles. The van der Waals surface area contributed by atoms with Crippen LogP contribution in [0.25, 0.3) is 0 Å². The van der Waals surface area contributed by atoms with E-state index >= 15 is 0 Å². The summed E-state index contributed by atoms with van der Waals surface area (Å²) in [7, 11) is 0. The number of ether oxygens (including phenoxy) is 2. The number of hydrogen-bond acceptors (Lipinski definition) is 4. The van der Waals surface area contributed by atoms with Crippen LogP contribution < -0.4 is 0 Å². The Kier molecular flexibility index (Phi) is 5.14. The first-order valence-corrected chi connectivity index (χ1v) is 7.12. The zero-order chi connectivity index (χ0) is 14.5. The van der Waals surface area contributed by atoms with Crippen molar-refractivity contribution in [2.45, 2.75) is 51.9 Å². The van der Waals surface area contributed by atoms with Crippen LogP contribution in [0.1, 0.15) is 55.2 Å². The molecule has 1 unspecified atom stereocenters. The molecule has 1 fully saturated rings. The summed E-state index contributed by atoms with van der Waals surface area (Å²) in [5.74, 6) is -0.754. The van der Waals surface area contributed by atoms with E-state index in [9.17, 15) is 9.90 Å². The van der Waals surface area contributed by atoms with Crippen LogP contribution in [0.2, 0.25) is 0 Å². The molecule has 1 aromatic rings. The Labute approximate surface area is 118 Å². The fourth-order valence-electron chi connectivity index (χ4n) is 2.17. The Balaban J connectivity index is 1.92. The van der Waals surface area contributed by atoms with Crippen molar-refractivity contribution in [3.8, 4) is 0 Å². The average Bonchev–Trinajstić information content (AvgIpc) is 2.84. The van der Waals surface area contributed by atoms with Crippen molar-refractivity contribution in [2.24, 2.45) is 0 Å². The molecule has 112 valence electrons. The van der Waals surface area contributed by atoms with Crippen LogP contribution in [-0.2, 0) is 16.0 Å². The largest absolute Gasteiger partial charge is 0.477 e. The predicted octanol–water partition coefficient (Wildman–Crippen LogP) is 2.25. The number of carboxylic acids is 1. The summed E-state index contributed by atoms with van der Waals surface area (Å²) in [5, 5.41) is 13.5. The molecule has 1 N–H and O–H groups in total. The van der Waals surface area contributed by atoms with Gasteiger partial charge in [0.1, 0.15) is 5.69 Å². The van der Waals surface area contributed by atoms with Crippen molar-refractivity contribution < 1.29 is 19.4 Å². The highest BCUT2D eigenvalue weighted by molar-refractivity contribution is 5.85. The van der Waals surface area contributed by atoms with E-state index in [2.05, 4.69) is 5.10 Å². The summed E-state index contributed by atoms with van der Waals surface area (Å²) in [6.07, 6.45) is 2.95. The molecule has 2 heterocycles. The Bertz CT molecular complexity index is 450. The van der Waals surface area contributed by atoms with Gasteiger partial charge in [-0.05, 0) is 31.2 Å². The van der Waals surface area contributed by atoms with Gasteiger partial charge in [-0.25, -0.2) is 4.79 Å². The quantitative estimate of drug-likeness (QED) is 0.866. The van der Waals surface area contributed by atoms with E-state index in [1.807, 2.05) is 13.8 Å². The van der Waals surface area contributed by atoms with Crippen molar-refractivity contribution >= 4 is 5.97 Å². The molecular formula is C14H22N2O4. The minimum atomic E-state index is -0.960. The van der Waals surface area contributed by atoms with E-state index in [4.69, 9.17) is 9.47 Å². The molecule has 0 saturated carbocycles. The van der Waals surface area contributed by atoms with Gasteiger partial charge in [0.05, 0.1) is 18.8 Å². The Morgan fingerprint density at radius 1 is 1.60 bits per heavy atom. The lowest BCUT2D eigenvalue weighted by molar-refractivity contribution is -0.163. The topological polar surface area (TPSA) is 73.6 Å². The average molecular weight is 282 g/mol. The Morgan fingerprint density at radius 3 is 3.00 bits per heavy atom. The zero-order valence-electron chi connectivity index (χ0n) is 12.0. The fraction of sp³-hybridized carbons (Fsp3) is 0.714. The molecule has 1 aliphatic rings. The molecule has 0 aromatic carbocycles. The Morgan fingerprint density at radius 2 is 2.40 bits per heavy atom. The first-order valence-electron chi connectivity index (χ1n) is 7.12. The minimum absolute atomic E-state index is 0.155. The van der Waals surface area contributed by atoms with E-state index in [0.29, 0.717) is 13.2 Å². The van der Waals surface area contributed by atoms with E-state index < -0.39 is 5.97 Å². The SMILES string of the molecule is CC(C)c1cc(C(=O)O)n(CCOC2CCCCO2)n1. The molecule has 0 radical (unpaired) electrons. The van der Waals surface area contributed by atoms with E-state index in [1.165, 1.54) is 4.68 Å². The van der Waals surface area contributed by atoms with Gasteiger partial charge in [-0.15, -0.1) is 0 Å². The molecule has 0 amide bonds. The smallest absolute Gasteiger partial charge is 0.354 e. The maximum atomic E-state index is 11.2. The maximum Gasteiger partial charge on any atom is 0.354 e. The van der Waals surface area contributed by atoms with Crippen LogP contribution in [0.15, 0.2) is 6.07 Å². The zero-order valence-corrected chi connectivity index (χ0v) is 12.0. The third-order valence-electron chi connectivity index (χ3n) is 3.35. The summed E-state index contributed by atoms with van der Waals surface area (Å²) in [4.78, 5) is 11.2. The molecule has 0 bridgehead atoms. The summed E-state index contributed by atoms with van der Waals surface area (Å²) in [6.45, 7) is 5.55. The number of hydrogen-bond donors (Lipinski definition) is 1. The monoisotopic (exact) mass is 282 g/mol. The second-order valence-electron chi connectivity index (χ2n) is 5.30. The first-order chi connectivity index (χ1) is 9.58. The van der Waals surface area contributed by atoms with Gasteiger partial charge in [-0.1, -0.05) is 13.8 Å². The third-order valence-corrected chi connectivity index (χ3v) is 3.35. The molecule has 1 saturated heterocycles. The highest BCUT2D eigenvalue weighted by Crippen LogP contribution is 2.16. The van der Waals surface area contributed by atoms with E-state index in [1.54, 1.807) is 6.07 Å². The van der Waals surface area contributed by atoms with Crippen LogP contribution in [0.5, 0.6) is 0 Å². The molecule has 1 aromatic heterocycles. The van der Waals surface area contributed by atoms with Crippen LogP contribution in [0.3, 0.4) is 0 Å². The number of nitrogens with zero attached hydrogens (tertiary/aromatic N) is 2. The number of aromatic carboxylic acids is 1. The molecule has 6 nitrogen and oxygen atoms in total. The molecule has 20 heavy (non-hydrogen) atoms. The highest BCUT2D eigenvalue weighted by atomic mass is 16.7. The number of rotatable bonds is 6. The summed E-state index contributed by atoms with van der Waals surface area (Å²) >= 11 is 0. The number of carbonyl (C=O) groups is 1. The maximum absolute atomic E-state index is 11.2. The molecule has 1 aliphatic heterocycles. The van der Waals surface area contributed by atoms with Gasteiger partial charge in [0.2, 0.25) is 0 Å². The summed E-state index contributed by atoms with van der Waals surface area (Å²) in [6, 6.07) is 1.63. The van der Waals surface area contributed by atoms with Crippen LogP contribution in [0.4, 0.5) is 0 Å². The molecule has 6 heteroatoms. The van der Waals surface area contributed by atoms with E-state index in [-0.39, 0.29) is 17.9 Å². The summed E-state index contributed by atoms with van der Waals surface area (Å²) < 4.78 is 12.6. The van der Waals surface area contributed by atoms with Gasteiger partial charge in [0.25, 0.3) is 0 Å². The van der Waals surface area contributed by atoms with Crippen molar-refractivity contribution in [1.82, 2.24) is 9.78 Å². The van der Waals surface area contributed by atoms with Gasteiger partial charge >= 0.3 is 5.97 Å². The Hall–Kier alpha value is -1.40. The normalized spacial score (nSPS) is 19.4. The molecule has 0 spiro atoms. The van der Waals surface area contributed by atoms with E-state index in [0.717, 1.165) is 31.6 Å². The second-order valence-corrected chi connectivity index (χ2v) is 5.30. The third kappa shape index (κ3) is 3.80. The lowest BCUT2D eigenvalue weighted by Crippen LogP contribution is -2.24. The standard InChI is InChI=1S/C14H22N2O4/c1-10(2)11-9-12(14(17)18)16(15-11)6-8-20-13-5-3-4-7-19-13/h9-10,13H,3-8H2,1-2H3,(H,17,18). The highest BCUT2D eigenvalue weighted by Gasteiger charge is 2.17. The van der Waals surface area contributed by atoms with Gasteiger partial charge in [0.15, 0.2) is 6.29 Å². The molecule has 1 atom stereocenters. The number of aromatic nitrogens is 2. The summed E-state index contributed by atoms with van der Waals surface area (Å²) in [5.41, 5.74) is 0.998. The van der Waals surface area contributed by atoms with Crippen molar-refractivity contribution in [3.05, 3.63) is 17.5 Å². The van der Waals surface area contributed by atoms with Crippen LogP contribution >= 0.6 is 0 Å². The molecular weight excluding hydrogens is 260 g/mol. The van der Waals surface area contributed by atoms with Gasteiger partial charge in [-0.3, -0.25) is 4.68 Å². The van der Waals surface area contributed by atoms with Crippen LogP contribution in [-0.4, -0.2) is 40.4 Å². The first kappa shape index (κ1) is 15.0. The lowest BCUT2D eigenvalue weighted by Gasteiger charge is -2.22. The van der Waals surface area contributed by atoms with Crippen LogP contribution in [0, 0.1) is 0 Å². The van der Waals surface area contributed by atoms with Gasteiger partial charge < -0.3 is 14.6 Å². The van der Waals surface area contributed by atoms with Crippen molar-refractivity contribution in [3.63, 3.8) is 0 Å². The second kappa shape index (κ2) is 6.85. The van der Waals surface area contributed by atoms with Crippen molar-refractivity contribution in [2.75, 3.05) is 13.2 Å². The van der Waals surface area contributed by atoms with Crippen molar-refractivity contribution in [1.29, 1.82) is 0 Å². The molecule has 2 rings (SSSR count). The lowest BCUT2D eigenvalue weighted by atomic mass is 10.1. The number of carboxylic acid groups (broad SMARTS) is 1. The van der Waals surface area contributed by atoms with Gasteiger partial charge in [0, 0.05) is 6.61 Å². The fourth-order valence-corrected chi connectivity index (χ4v) is 2.17. The minimum Gasteiger partial charge on any atom is -0.477 e.